The Balaban J connectivity index is 1.86. The van der Waals surface area contributed by atoms with E-state index >= 15 is 0 Å². The molecule has 0 saturated heterocycles. The number of hydrogen-bond acceptors (Lipinski definition) is 5. The molecule has 0 unspecified atom stereocenters. The van der Waals surface area contributed by atoms with Gasteiger partial charge < -0.3 is 14.9 Å². The van der Waals surface area contributed by atoms with Gasteiger partial charge in [-0.15, -0.1) is 0 Å². The van der Waals surface area contributed by atoms with Crippen LogP contribution in [-0.4, -0.2) is 31.9 Å². The number of amides is 1. The second-order valence-corrected chi connectivity index (χ2v) is 7.53. The van der Waals surface area contributed by atoms with Crippen molar-refractivity contribution in [3.63, 3.8) is 0 Å². The van der Waals surface area contributed by atoms with Gasteiger partial charge in [0.05, 0.1) is 11.9 Å². The minimum atomic E-state index is -1.16. The lowest BCUT2D eigenvalue weighted by Crippen LogP contribution is -2.27. The highest BCUT2D eigenvalue weighted by Gasteiger charge is 2.34. The topological polar surface area (TPSA) is 110 Å². The largest absolute Gasteiger partial charge is 0.476 e. The molecule has 0 bridgehead atoms. The number of rotatable bonds is 3. The molecule has 0 radical (unpaired) electrons. The fourth-order valence-corrected chi connectivity index (χ4v) is 3.29. The van der Waals surface area contributed by atoms with Crippen molar-refractivity contribution in [1.29, 1.82) is 0 Å². The molecule has 8 heteroatoms. The average Bonchev–Trinajstić information content (AvgIpc) is 3.09. The maximum absolute atomic E-state index is 12.6. The van der Waals surface area contributed by atoms with Gasteiger partial charge in [-0.1, -0.05) is 25.9 Å². The molecule has 1 atom stereocenters. The van der Waals surface area contributed by atoms with Gasteiger partial charge >= 0.3 is 5.97 Å². The van der Waals surface area contributed by atoms with Crippen LogP contribution in [0.5, 0.6) is 0 Å². The lowest BCUT2D eigenvalue weighted by molar-refractivity contribution is 0.0686. The standard InChI is InChI=1S/C17H22N4O4/c1-17(2,3)9-5-6-12-10(7-9)13(20-25-12)15(22)19-11-8-18-21(4)14(11)16(23)24/h8-9H,5-7H2,1-4H3,(H,19,22)(H,23,24)/t9-/m0/s1. The van der Waals surface area contributed by atoms with Crippen molar-refractivity contribution in [3.05, 3.63) is 28.9 Å². The third kappa shape index (κ3) is 3.16. The zero-order valence-corrected chi connectivity index (χ0v) is 14.8. The van der Waals surface area contributed by atoms with E-state index in [-0.39, 0.29) is 22.5 Å². The van der Waals surface area contributed by atoms with Gasteiger partial charge in [0.2, 0.25) is 0 Å². The number of nitrogens with zero attached hydrogens (tertiary/aromatic N) is 3. The SMILES string of the molecule is Cn1ncc(NC(=O)c2noc3c2C[C@@H](C(C)(C)C)CC3)c1C(=O)O. The summed E-state index contributed by atoms with van der Waals surface area (Å²) < 4.78 is 6.54. The second kappa shape index (κ2) is 6.02. The Morgan fingerprint density at radius 3 is 2.76 bits per heavy atom. The number of carbonyl (C=O) groups excluding carboxylic acids is 1. The Bertz CT molecular complexity index is 828. The Morgan fingerprint density at radius 2 is 2.12 bits per heavy atom. The van der Waals surface area contributed by atoms with Crippen molar-refractivity contribution in [2.75, 3.05) is 5.32 Å². The van der Waals surface area contributed by atoms with Crippen molar-refractivity contribution < 1.29 is 19.2 Å². The molecule has 0 saturated carbocycles. The van der Waals surface area contributed by atoms with E-state index in [2.05, 4.69) is 36.3 Å². The first kappa shape index (κ1) is 17.2. The van der Waals surface area contributed by atoms with E-state index in [0.717, 1.165) is 30.6 Å². The maximum atomic E-state index is 12.6. The highest BCUT2D eigenvalue weighted by Crippen LogP contribution is 2.38. The smallest absolute Gasteiger partial charge is 0.356 e. The molecule has 0 spiro atoms. The Hall–Kier alpha value is -2.64. The molecule has 0 aliphatic heterocycles. The first-order valence-corrected chi connectivity index (χ1v) is 8.22. The summed E-state index contributed by atoms with van der Waals surface area (Å²) >= 11 is 0. The first-order chi connectivity index (χ1) is 11.7. The molecule has 2 aromatic rings. The van der Waals surface area contributed by atoms with Gasteiger partial charge in [-0.25, -0.2) is 4.79 Å². The number of nitrogens with one attached hydrogen (secondary N) is 1. The average molecular weight is 346 g/mol. The van der Waals surface area contributed by atoms with Crippen molar-refractivity contribution >= 4 is 17.6 Å². The van der Waals surface area contributed by atoms with Crippen LogP contribution in [0.25, 0.3) is 0 Å². The second-order valence-electron chi connectivity index (χ2n) is 7.53. The molecule has 134 valence electrons. The predicted molar refractivity (Wildman–Crippen MR) is 89.6 cm³/mol. The first-order valence-electron chi connectivity index (χ1n) is 8.22. The summed E-state index contributed by atoms with van der Waals surface area (Å²) in [7, 11) is 1.50. The van der Waals surface area contributed by atoms with E-state index in [0.29, 0.717) is 5.92 Å². The summed E-state index contributed by atoms with van der Waals surface area (Å²) in [6, 6.07) is 0. The summed E-state index contributed by atoms with van der Waals surface area (Å²) in [6.45, 7) is 6.56. The molecule has 2 N–H and O–H groups in total. The van der Waals surface area contributed by atoms with E-state index in [1.54, 1.807) is 0 Å². The van der Waals surface area contributed by atoms with Crippen LogP contribution in [0.4, 0.5) is 5.69 Å². The molecule has 1 aliphatic carbocycles. The summed E-state index contributed by atoms with van der Waals surface area (Å²) in [4.78, 5) is 23.9. The van der Waals surface area contributed by atoms with Crippen LogP contribution >= 0.6 is 0 Å². The Kier molecular flexibility index (Phi) is 4.14. The highest BCUT2D eigenvalue weighted by molar-refractivity contribution is 6.06. The molecule has 25 heavy (non-hydrogen) atoms. The molecule has 1 amide bonds. The van der Waals surface area contributed by atoms with Crippen LogP contribution in [0.3, 0.4) is 0 Å². The molecule has 8 nitrogen and oxygen atoms in total. The molecule has 0 aromatic carbocycles. The number of fused-ring (bicyclic) bond motifs is 1. The minimum absolute atomic E-state index is 0.0849. The van der Waals surface area contributed by atoms with Gasteiger partial charge in [-0.2, -0.15) is 5.10 Å². The molecule has 2 heterocycles. The Labute approximate surface area is 145 Å². The molecule has 3 rings (SSSR count). The van der Waals surface area contributed by atoms with E-state index < -0.39 is 11.9 Å². The van der Waals surface area contributed by atoms with Crippen LogP contribution < -0.4 is 5.32 Å². The number of aryl methyl sites for hydroxylation is 2. The molecule has 1 aliphatic rings. The summed E-state index contributed by atoms with van der Waals surface area (Å²) in [5.41, 5.74) is 1.23. The van der Waals surface area contributed by atoms with Gasteiger partial charge in [0.15, 0.2) is 11.4 Å². The molecule has 0 fully saturated rings. The summed E-state index contributed by atoms with van der Waals surface area (Å²) in [5.74, 6) is -0.463. The number of carbonyl (C=O) groups is 2. The third-order valence-electron chi connectivity index (χ3n) is 4.87. The number of carboxylic acids is 1. The quantitative estimate of drug-likeness (QED) is 0.883. The van der Waals surface area contributed by atoms with E-state index in [1.165, 1.54) is 17.9 Å². The Morgan fingerprint density at radius 1 is 1.40 bits per heavy atom. The number of anilines is 1. The van der Waals surface area contributed by atoms with E-state index in [4.69, 9.17) is 4.52 Å². The van der Waals surface area contributed by atoms with Crippen LogP contribution in [0.15, 0.2) is 10.7 Å². The van der Waals surface area contributed by atoms with Crippen LogP contribution in [0.1, 0.15) is 59.5 Å². The minimum Gasteiger partial charge on any atom is -0.476 e. The van der Waals surface area contributed by atoms with Crippen molar-refractivity contribution in [1.82, 2.24) is 14.9 Å². The zero-order valence-electron chi connectivity index (χ0n) is 14.8. The van der Waals surface area contributed by atoms with Gasteiger partial charge in [0, 0.05) is 19.0 Å². The number of aromatic nitrogens is 3. The van der Waals surface area contributed by atoms with Crippen molar-refractivity contribution in [2.45, 2.75) is 40.0 Å². The zero-order chi connectivity index (χ0) is 18.4. The number of carboxylic acid groups (broad SMARTS) is 1. The van der Waals surface area contributed by atoms with E-state index in [1.807, 2.05) is 0 Å². The van der Waals surface area contributed by atoms with Gasteiger partial charge in [-0.05, 0) is 24.2 Å². The van der Waals surface area contributed by atoms with Gasteiger partial charge in [-0.3, -0.25) is 9.48 Å². The van der Waals surface area contributed by atoms with Crippen LogP contribution in [0.2, 0.25) is 0 Å². The normalized spacial score (nSPS) is 17.2. The molecular weight excluding hydrogens is 324 g/mol. The fourth-order valence-electron chi connectivity index (χ4n) is 3.29. The van der Waals surface area contributed by atoms with Gasteiger partial charge in [0.25, 0.3) is 5.91 Å². The fraction of sp³-hybridized carbons (Fsp3) is 0.529. The number of hydrogen-bond donors (Lipinski definition) is 2. The summed E-state index contributed by atoms with van der Waals surface area (Å²) in [6.07, 6.45) is 3.79. The van der Waals surface area contributed by atoms with Crippen LogP contribution in [0, 0.1) is 11.3 Å². The van der Waals surface area contributed by atoms with Gasteiger partial charge in [0.1, 0.15) is 5.76 Å². The predicted octanol–water partition coefficient (Wildman–Crippen LogP) is 2.51. The van der Waals surface area contributed by atoms with Crippen LogP contribution in [-0.2, 0) is 19.9 Å². The third-order valence-corrected chi connectivity index (χ3v) is 4.87. The summed E-state index contributed by atoms with van der Waals surface area (Å²) in [5, 5.41) is 19.7. The lowest BCUT2D eigenvalue weighted by Gasteiger charge is -2.33. The highest BCUT2D eigenvalue weighted by atomic mass is 16.5. The van der Waals surface area contributed by atoms with Crippen molar-refractivity contribution in [3.8, 4) is 0 Å². The number of aromatic carboxylic acids is 1. The molecular formula is C17H22N4O4. The lowest BCUT2D eigenvalue weighted by atomic mass is 9.71. The van der Waals surface area contributed by atoms with Crippen molar-refractivity contribution in [2.24, 2.45) is 18.4 Å². The molecule has 2 aromatic heterocycles. The maximum Gasteiger partial charge on any atom is 0.356 e. The monoisotopic (exact) mass is 346 g/mol. The van der Waals surface area contributed by atoms with E-state index in [9.17, 15) is 14.7 Å².